The summed E-state index contributed by atoms with van der Waals surface area (Å²) in [6.45, 7) is 4.52. The van der Waals surface area contributed by atoms with Crippen molar-refractivity contribution < 1.29 is 13.9 Å². The third kappa shape index (κ3) is 5.11. The van der Waals surface area contributed by atoms with Crippen LogP contribution in [-0.2, 0) is 6.61 Å². The summed E-state index contributed by atoms with van der Waals surface area (Å²) < 4.78 is 11.3. The van der Waals surface area contributed by atoms with E-state index < -0.39 is 0 Å². The first-order valence-electron chi connectivity index (χ1n) is 8.81. The van der Waals surface area contributed by atoms with Crippen molar-refractivity contribution in [3.63, 3.8) is 0 Å². The zero-order valence-corrected chi connectivity index (χ0v) is 16.1. The molecule has 3 nitrogen and oxygen atoms in total. The lowest BCUT2D eigenvalue weighted by Gasteiger charge is -2.05. The van der Waals surface area contributed by atoms with E-state index in [-0.39, 0.29) is 12.4 Å². The number of ether oxygens (including phenoxy) is 1. The average Bonchev–Trinajstić information content (AvgIpc) is 3.13. The molecule has 3 aromatic rings. The van der Waals surface area contributed by atoms with Gasteiger partial charge in [-0.15, -0.1) is 0 Å². The lowest BCUT2D eigenvalue weighted by atomic mass is 10.0. The van der Waals surface area contributed by atoms with Gasteiger partial charge in [0.1, 0.15) is 23.9 Å². The molecule has 0 bridgehead atoms. The van der Waals surface area contributed by atoms with Crippen LogP contribution in [-0.4, -0.2) is 5.78 Å². The van der Waals surface area contributed by atoms with Crippen molar-refractivity contribution in [3.8, 4) is 5.75 Å². The Labute approximate surface area is 164 Å². The van der Waals surface area contributed by atoms with E-state index in [0.29, 0.717) is 33.8 Å². The first-order chi connectivity index (χ1) is 13.0. The number of hydrogen-bond donors (Lipinski definition) is 0. The standard InChI is InChI=1S/C23H21ClO3/c1-16(2)17-7-9-18(10-8-17)22(25)14-13-19-11-12-20(27-19)15-26-23-6-4-3-5-21(23)24/h3-14,16H,15H2,1-2H3/b14-13+. The largest absolute Gasteiger partial charge is 0.484 e. The predicted octanol–water partition coefficient (Wildman–Crippen LogP) is 6.53. The van der Waals surface area contributed by atoms with E-state index in [4.69, 9.17) is 20.8 Å². The molecule has 0 N–H and O–H groups in total. The highest BCUT2D eigenvalue weighted by Crippen LogP contribution is 2.24. The Morgan fingerprint density at radius 2 is 1.81 bits per heavy atom. The van der Waals surface area contributed by atoms with Gasteiger partial charge in [0.25, 0.3) is 0 Å². The van der Waals surface area contributed by atoms with Gasteiger partial charge in [0.15, 0.2) is 5.78 Å². The summed E-state index contributed by atoms with van der Waals surface area (Å²) in [6, 6.07) is 18.6. The van der Waals surface area contributed by atoms with Crippen molar-refractivity contribution in [3.05, 3.63) is 94.4 Å². The zero-order valence-electron chi connectivity index (χ0n) is 15.3. The number of benzene rings is 2. The van der Waals surface area contributed by atoms with Gasteiger partial charge >= 0.3 is 0 Å². The van der Waals surface area contributed by atoms with Gasteiger partial charge in [-0.3, -0.25) is 4.79 Å². The minimum Gasteiger partial charge on any atom is -0.484 e. The average molecular weight is 381 g/mol. The zero-order chi connectivity index (χ0) is 19.2. The molecule has 0 aliphatic rings. The molecule has 0 aliphatic heterocycles. The van der Waals surface area contributed by atoms with Gasteiger partial charge in [-0.1, -0.05) is 61.8 Å². The van der Waals surface area contributed by atoms with Gasteiger partial charge in [0, 0.05) is 5.56 Å². The molecule has 27 heavy (non-hydrogen) atoms. The van der Waals surface area contributed by atoms with E-state index in [2.05, 4.69) is 13.8 Å². The molecule has 0 atom stereocenters. The van der Waals surface area contributed by atoms with Gasteiger partial charge in [-0.2, -0.15) is 0 Å². The second-order valence-electron chi connectivity index (χ2n) is 6.50. The molecule has 1 aromatic heterocycles. The molecular formula is C23H21ClO3. The predicted molar refractivity (Wildman–Crippen MR) is 108 cm³/mol. The van der Waals surface area contributed by atoms with Crippen LogP contribution in [0.5, 0.6) is 5.75 Å². The minimum absolute atomic E-state index is 0.0597. The number of para-hydroxylation sites is 1. The van der Waals surface area contributed by atoms with E-state index >= 15 is 0 Å². The maximum absolute atomic E-state index is 12.3. The Kier molecular flexibility index (Phi) is 6.15. The summed E-state index contributed by atoms with van der Waals surface area (Å²) in [7, 11) is 0. The van der Waals surface area contributed by atoms with Gasteiger partial charge < -0.3 is 9.15 Å². The normalized spacial score (nSPS) is 11.3. The van der Waals surface area contributed by atoms with Crippen LogP contribution in [0.25, 0.3) is 6.08 Å². The van der Waals surface area contributed by atoms with Crippen molar-refractivity contribution >= 4 is 23.5 Å². The Morgan fingerprint density at radius 1 is 1.07 bits per heavy atom. The molecule has 1 heterocycles. The van der Waals surface area contributed by atoms with E-state index in [0.717, 1.165) is 0 Å². The molecule has 0 saturated carbocycles. The van der Waals surface area contributed by atoms with Crippen molar-refractivity contribution in [2.45, 2.75) is 26.4 Å². The molecule has 138 valence electrons. The lowest BCUT2D eigenvalue weighted by Crippen LogP contribution is -1.95. The lowest BCUT2D eigenvalue weighted by molar-refractivity contribution is 0.104. The van der Waals surface area contributed by atoms with E-state index in [1.807, 2.05) is 42.5 Å². The van der Waals surface area contributed by atoms with Gasteiger partial charge in [-0.05, 0) is 47.9 Å². The molecule has 0 radical (unpaired) electrons. The maximum Gasteiger partial charge on any atom is 0.185 e. The summed E-state index contributed by atoms with van der Waals surface area (Å²) in [4.78, 5) is 12.3. The SMILES string of the molecule is CC(C)c1ccc(C(=O)/C=C/c2ccc(COc3ccccc3Cl)o2)cc1. The van der Waals surface area contributed by atoms with Gasteiger partial charge in [0.05, 0.1) is 5.02 Å². The van der Waals surface area contributed by atoms with Crippen LogP contribution in [0, 0.1) is 0 Å². The molecule has 3 rings (SSSR count). The smallest absolute Gasteiger partial charge is 0.185 e. The third-order valence-electron chi connectivity index (χ3n) is 4.15. The third-order valence-corrected chi connectivity index (χ3v) is 4.46. The topological polar surface area (TPSA) is 39.4 Å². The summed E-state index contributed by atoms with van der Waals surface area (Å²) in [6.07, 6.45) is 3.18. The molecular weight excluding hydrogens is 360 g/mol. The van der Waals surface area contributed by atoms with Crippen molar-refractivity contribution in [2.24, 2.45) is 0 Å². The molecule has 0 saturated heterocycles. The summed E-state index contributed by atoms with van der Waals surface area (Å²) >= 11 is 6.06. The summed E-state index contributed by atoms with van der Waals surface area (Å²) in [5, 5.41) is 0.554. The number of furan rings is 1. The highest BCUT2D eigenvalue weighted by molar-refractivity contribution is 6.32. The number of ketones is 1. The van der Waals surface area contributed by atoms with E-state index in [1.54, 1.807) is 24.3 Å². The van der Waals surface area contributed by atoms with Crippen molar-refractivity contribution in [2.75, 3.05) is 0 Å². The number of rotatable bonds is 7. The Bertz CT molecular complexity index is 936. The summed E-state index contributed by atoms with van der Waals surface area (Å²) in [5.41, 5.74) is 1.87. The second-order valence-corrected chi connectivity index (χ2v) is 6.90. The first kappa shape index (κ1) is 19.0. The van der Waals surface area contributed by atoms with Crippen molar-refractivity contribution in [1.29, 1.82) is 0 Å². The van der Waals surface area contributed by atoms with E-state index in [9.17, 15) is 4.79 Å². The monoisotopic (exact) mass is 380 g/mol. The highest BCUT2D eigenvalue weighted by atomic mass is 35.5. The van der Waals surface area contributed by atoms with Crippen LogP contribution in [0.4, 0.5) is 0 Å². The Morgan fingerprint density at radius 3 is 2.52 bits per heavy atom. The van der Waals surface area contributed by atoms with Crippen LogP contribution in [0.15, 0.2) is 71.2 Å². The molecule has 0 unspecified atom stereocenters. The molecule has 0 spiro atoms. The fraction of sp³-hybridized carbons (Fsp3) is 0.174. The molecule has 2 aromatic carbocycles. The molecule has 4 heteroatoms. The number of halogens is 1. The molecule has 0 fully saturated rings. The second kappa shape index (κ2) is 8.74. The fourth-order valence-corrected chi connectivity index (χ4v) is 2.75. The Hall–Kier alpha value is -2.78. The van der Waals surface area contributed by atoms with E-state index in [1.165, 1.54) is 11.6 Å². The van der Waals surface area contributed by atoms with Crippen LogP contribution in [0.3, 0.4) is 0 Å². The van der Waals surface area contributed by atoms with Gasteiger partial charge in [-0.25, -0.2) is 0 Å². The van der Waals surface area contributed by atoms with Crippen LogP contribution in [0.2, 0.25) is 5.02 Å². The molecule has 0 amide bonds. The molecule has 0 aliphatic carbocycles. The van der Waals surface area contributed by atoms with Gasteiger partial charge in [0.2, 0.25) is 0 Å². The number of allylic oxidation sites excluding steroid dienone is 1. The van der Waals surface area contributed by atoms with Crippen LogP contribution >= 0.6 is 11.6 Å². The number of hydrogen-bond acceptors (Lipinski definition) is 3. The van der Waals surface area contributed by atoms with Crippen LogP contribution in [0.1, 0.15) is 47.2 Å². The summed E-state index contributed by atoms with van der Waals surface area (Å²) in [5.74, 6) is 2.24. The number of carbonyl (C=O) groups excluding carboxylic acids is 1. The fourth-order valence-electron chi connectivity index (χ4n) is 2.56. The maximum atomic E-state index is 12.3. The Balaban J connectivity index is 1.59. The van der Waals surface area contributed by atoms with Crippen molar-refractivity contribution in [1.82, 2.24) is 0 Å². The quantitative estimate of drug-likeness (QED) is 0.345. The minimum atomic E-state index is -0.0597. The number of carbonyl (C=O) groups is 1. The highest BCUT2D eigenvalue weighted by Gasteiger charge is 2.06. The van der Waals surface area contributed by atoms with Crippen LogP contribution < -0.4 is 4.74 Å². The first-order valence-corrected chi connectivity index (χ1v) is 9.19.